The van der Waals surface area contributed by atoms with E-state index in [1.165, 1.54) is 18.4 Å². The highest BCUT2D eigenvalue weighted by atomic mass is 15.3. The Kier molecular flexibility index (Phi) is 3.38. The molecule has 1 aliphatic heterocycles. The highest BCUT2D eigenvalue weighted by Crippen LogP contribution is 2.22. The summed E-state index contributed by atoms with van der Waals surface area (Å²) in [6.07, 6.45) is 5.85. The molecule has 0 amide bonds. The minimum Gasteiger partial charge on any atom is -0.330 e. The molecular weight excluding hydrogens is 276 g/mol. The van der Waals surface area contributed by atoms with Crippen molar-refractivity contribution in [3.63, 3.8) is 0 Å². The van der Waals surface area contributed by atoms with E-state index in [9.17, 15) is 0 Å². The van der Waals surface area contributed by atoms with Gasteiger partial charge in [0, 0.05) is 13.1 Å². The number of aromatic nitrogens is 5. The predicted molar refractivity (Wildman–Crippen MR) is 84.2 cm³/mol. The van der Waals surface area contributed by atoms with Crippen LogP contribution in [0.1, 0.15) is 18.7 Å². The lowest BCUT2D eigenvalue weighted by Crippen LogP contribution is -2.33. The summed E-state index contributed by atoms with van der Waals surface area (Å²) < 4.78 is 4.14. The molecule has 0 radical (unpaired) electrons. The quantitative estimate of drug-likeness (QED) is 0.737. The Hall–Kier alpha value is -2.21. The SMILES string of the molecule is Cn1c(CN2CCC[C@@H]2Cn2cncn2)nc2ccccc21. The lowest BCUT2D eigenvalue weighted by atomic mass is 10.2. The van der Waals surface area contributed by atoms with Crippen LogP contribution in [0.15, 0.2) is 36.9 Å². The first-order chi connectivity index (χ1) is 10.8. The summed E-state index contributed by atoms with van der Waals surface area (Å²) >= 11 is 0. The normalized spacial score (nSPS) is 19.2. The van der Waals surface area contributed by atoms with Gasteiger partial charge in [-0.1, -0.05) is 12.1 Å². The van der Waals surface area contributed by atoms with Crippen LogP contribution in [0, 0.1) is 0 Å². The van der Waals surface area contributed by atoms with Crippen LogP contribution in [0.25, 0.3) is 11.0 Å². The first-order valence-corrected chi connectivity index (χ1v) is 7.78. The van der Waals surface area contributed by atoms with Crippen molar-refractivity contribution in [1.29, 1.82) is 0 Å². The lowest BCUT2D eigenvalue weighted by Gasteiger charge is -2.23. The number of hydrogen-bond acceptors (Lipinski definition) is 4. The smallest absolute Gasteiger partial charge is 0.137 e. The summed E-state index contributed by atoms with van der Waals surface area (Å²) in [5, 5.41) is 4.23. The molecule has 6 heteroatoms. The van der Waals surface area contributed by atoms with Gasteiger partial charge in [0.2, 0.25) is 0 Å². The molecule has 6 nitrogen and oxygen atoms in total. The fraction of sp³-hybridized carbons (Fsp3) is 0.438. The zero-order valence-corrected chi connectivity index (χ0v) is 12.8. The van der Waals surface area contributed by atoms with E-state index < -0.39 is 0 Å². The number of imidazole rings is 1. The fourth-order valence-corrected chi connectivity index (χ4v) is 3.37. The van der Waals surface area contributed by atoms with E-state index in [1.54, 1.807) is 12.7 Å². The largest absolute Gasteiger partial charge is 0.330 e. The molecular formula is C16H20N6. The summed E-state index contributed by atoms with van der Waals surface area (Å²) in [6.45, 7) is 2.93. The molecule has 1 fully saturated rings. The average Bonchev–Trinajstić information content (AvgIpc) is 3.25. The Labute approximate surface area is 129 Å². The molecule has 0 spiro atoms. The van der Waals surface area contributed by atoms with Crippen LogP contribution in [-0.2, 0) is 20.1 Å². The van der Waals surface area contributed by atoms with E-state index in [1.807, 2.05) is 10.7 Å². The van der Waals surface area contributed by atoms with E-state index in [2.05, 4.69) is 44.8 Å². The molecule has 0 unspecified atom stereocenters. The van der Waals surface area contributed by atoms with E-state index in [-0.39, 0.29) is 0 Å². The summed E-state index contributed by atoms with van der Waals surface area (Å²) in [5.41, 5.74) is 2.27. The first-order valence-electron chi connectivity index (χ1n) is 7.78. The van der Waals surface area contributed by atoms with Gasteiger partial charge in [-0.25, -0.2) is 9.97 Å². The minimum atomic E-state index is 0.515. The van der Waals surface area contributed by atoms with Crippen LogP contribution in [0.2, 0.25) is 0 Å². The Morgan fingerprint density at radius 1 is 1.27 bits per heavy atom. The second kappa shape index (κ2) is 5.53. The van der Waals surface area contributed by atoms with Gasteiger partial charge in [-0.05, 0) is 31.5 Å². The van der Waals surface area contributed by atoms with Crippen molar-refractivity contribution in [2.45, 2.75) is 32.0 Å². The molecule has 0 aliphatic carbocycles. The number of benzene rings is 1. The van der Waals surface area contributed by atoms with Crippen molar-refractivity contribution in [3.8, 4) is 0 Å². The number of rotatable bonds is 4. The molecule has 22 heavy (non-hydrogen) atoms. The Morgan fingerprint density at radius 2 is 2.18 bits per heavy atom. The zero-order chi connectivity index (χ0) is 14.9. The predicted octanol–water partition coefficient (Wildman–Crippen LogP) is 1.83. The van der Waals surface area contributed by atoms with Crippen molar-refractivity contribution < 1.29 is 0 Å². The van der Waals surface area contributed by atoms with Gasteiger partial charge in [0.05, 0.1) is 24.1 Å². The van der Waals surface area contributed by atoms with Crippen LogP contribution in [-0.4, -0.2) is 41.8 Å². The molecule has 2 aromatic heterocycles. The Balaban J connectivity index is 1.54. The molecule has 1 saturated heterocycles. The third-order valence-electron chi connectivity index (χ3n) is 4.59. The van der Waals surface area contributed by atoms with Crippen molar-refractivity contribution in [2.75, 3.05) is 6.54 Å². The Bertz CT molecular complexity index is 760. The van der Waals surface area contributed by atoms with Crippen LogP contribution in [0.3, 0.4) is 0 Å². The highest BCUT2D eigenvalue weighted by molar-refractivity contribution is 5.75. The van der Waals surface area contributed by atoms with Crippen molar-refractivity contribution in [1.82, 2.24) is 29.2 Å². The first kappa shape index (κ1) is 13.5. The number of aryl methyl sites for hydroxylation is 1. The summed E-state index contributed by atoms with van der Waals surface area (Å²) in [6, 6.07) is 8.83. The summed E-state index contributed by atoms with van der Waals surface area (Å²) in [7, 11) is 2.10. The second-order valence-electron chi connectivity index (χ2n) is 5.96. The van der Waals surface area contributed by atoms with Gasteiger partial charge in [-0.15, -0.1) is 0 Å². The molecule has 114 valence electrons. The maximum Gasteiger partial charge on any atom is 0.137 e. The van der Waals surface area contributed by atoms with Gasteiger partial charge in [-0.2, -0.15) is 5.10 Å². The van der Waals surface area contributed by atoms with Crippen LogP contribution >= 0.6 is 0 Å². The van der Waals surface area contributed by atoms with E-state index in [0.717, 1.165) is 31.0 Å². The molecule has 1 aliphatic rings. The molecule has 3 heterocycles. The third-order valence-corrected chi connectivity index (χ3v) is 4.59. The monoisotopic (exact) mass is 296 g/mol. The average molecular weight is 296 g/mol. The molecule has 3 aromatic rings. The van der Waals surface area contributed by atoms with Crippen LogP contribution < -0.4 is 0 Å². The number of para-hydroxylation sites is 2. The van der Waals surface area contributed by atoms with Gasteiger partial charge in [-0.3, -0.25) is 9.58 Å². The van der Waals surface area contributed by atoms with Gasteiger partial charge < -0.3 is 4.57 Å². The summed E-state index contributed by atoms with van der Waals surface area (Å²) in [4.78, 5) is 11.3. The third kappa shape index (κ3) is 2.39. The van der Waals surface area contributed by atoms with Gasteiger partial charge >= 0.3 is 0 Å². The molecule has 4 rings (SSSR count). The Morgan fingerprint density at radius 3 is 3.00 bits per heavy atom. The van der Waals surface area contributed by atoms with Crippen LogP contribution in [0.5, 0.6) is 0 Å². The topological polar surface area (TPSA) is 51.8 Å². The van der Waals surface area contributed by atoms with Gasteiger partial charge in [0.25, 0.3) is 0 Å². The van der Waals surface area contributed by atoms with Crippen molar-refractivity contribution >= 4 is 11.0 Å². The van der Waals surface area contributed by atoms with Crippen molar-refractivity contribution in [2.24, 2.45) is 7.05 Å². The van der Waals surface area contributed by atoms with E-state index in [0.29, 0.717) is 6.04 Å². The fourth-order valence-electron chi connectivity index (χ4n) is 3.37. The van der Waals surface area contributed by atoms with E-state index in [4.69, 9.17) is 4.98 Å². The van der Waals surface area contributed by atoms with Crippen LogP contribution in [0.4, 0.5) is 0 Å². The highest BCUT2D eigenvalue weighted by Gasteiger charge is 2.26. The standard InChI is InChI=1S/C16H20N6/c1-20-15-7-3-2-6-14(15)19-16(20)10-21-8-4-5-13(21)9-22-12-17-11-18-22/h2-3,6-7,11-13H,4-5,8-10H2,1H3/t13-/m1/s1. The molecule has 0 N–H and O–H groups in total. The second-order valence-corrected chi connectivity index (χ2v) is 5.96. The molecule has 1 atom stereocenters. The van der Waals surface area contributed by atoms with Crippen molar-refractivity contribution in [3.05, 3.63) is 42.7 Å². The van der Waals surface area contributed by atoms with Gasteiger partial charge in [0.15, 0.2) is 0 Å². The number of hydrogen-bond donors (Lipinski definition) is 0. The molecule has 1 aromatic carbocycles. The minimum absolute atomic E-state index is 0.515. The number of fused-ring (bicyclic) bond motifs is 1. The van der Waals surface area contributed by atoms with E-state index >= 15 is 0 Å². The number of nitrogens with zero attached hydrogens (tertiary/aromatic N) is 6. The summed E-state index contributed by atoms with van der Waals surface area (Å²) in [5.74, 6) is 1.13. The lowest BCUT2D eigenvalue weighted by molar-refractivity contribution is 0.212. The maximum atomic E-state index is 4.79. The molecule has 0 bridgehead atoms. The number of likely N-dealkylation sites (tertiary alicyclic amines) is 1. The van der Waals surface area contributed by atoms with Gasteiger partial charge in [0.1, 0.15) is 18.5 Å². The maximum absolute atomic E-state index is 4.79. The molecule has 0 saturated carbocycles. The zero-order valence-electron chi connectivity index (χ0n) is 12.8.